The number of rotatable bonds is 9. The highest BCUT2D eigenvalue weighted by molar-refractivity contribution is 7.92. The maximum absolute atomic E-state index is 15.8. The van der Waals surface area contributed by atoms with Gasteiger partial charge in [0.25, 0.3) is 0 Å². The lowest BCUT2D eigenvalue weighted by Gasteiger charge is -2.35. The van der Waals surface area contributed by atoms with Gasteiger partial charge in [0.1, 0.15) is 28.6 Å². The molecule has 0 bridgehead atoms. The molecule has 0 atom stereocenters. The lowest BCUT2D eigenvalue weighted by Crippen LogP contribution is -2.42. The molecule has 1 aromatic carbocycles. The number of nitrogens with one attached hydrogen (secondary N) is 1. The summed E-state index contributed by atoms with van der Waals surface area (Å²) in [6.07, 6.45) is 8.57. The highest BCUT2D eigenvalue weighted by Crippen LogP contribution is 2.36. The average molecular weight is 586 g/mol. The van der Waals surface area contributed by atoms with E-state index in [1.54, 1.807) is 31.6 Å². The second-order valence-electron chi connectivity index (χ2n) is 10.3. The van der Waals surface area contributed by atoms with Crippen LogP contribution in [0.1, 0.15) is 26.2 Å². The normalized spacial score (nSPS) is 14.9. The first-order valence-electron chi connectivity index (χ1n) is 13.4. The molecule has 0 unspecified atom stereocenters. The summed E-state index contributed by atoms with van der Waals surface area (Å²) in [6, 6.07) is 4.12. The number of pyridine rings is 1. The standard InChI is InChI=1S/C28H33F2N7O3S/c1-5-12-41(38,39)34-23-7-6-22(29)27(25(23)30)37-17-21(18-13-20(40-4)15-31-14-18)26-28(37)32-16-24(33-26)36(3)19-8-10-35(2)11-9-19/h6-7,13-17,19,34H,5,8-12H2,1-4H3. The van der Waals surface area contributed by atoms with Crippen LogP contribution < -0.4 is 14.4 Å². The van der Waals surface area contributed by atoms with Crippen molar-refractivity contribution >= 4 is 32.7 Å². The lowest BCUT2D eigenvalue weighted by atomic mass is 10.0. The van der Waals surface area contributed by atoms with Gasteiger partial charge in [-0.25, -0.2) is 27.2 Å². The van der Waals surface area contributed by atoms with E-state index in [1.807, 2.05) is 7.05 Å². The van der Waals surface area contributed by atoms with Crippen molar-refractivity contribution in [3.8, 4) is 22.6 Å². The first kappa shape index (κ1) is 28.7. The van der Waals surface area contributed by atoms with E-state index < -0.39 is 27.3 Å². The van der Waals surface area contributed by atoms with Crippen LogP contribution in [0.25, 0.3) is 28.0 Å². The molecule has 1 fully saturated rings. The molecule has 0 aliphatic carbocycles. The molecule has 0 saturated carbocycles. The van der Waals surface area contributed by atoms with Crippen molar-refractivity contribution in [2.24, 2.45) is 0 Å². The number of aromatic nitrogens is 4. The van der Waals surface area contributed by atoms with E-state index in [0.717, 1.165) is 38.1 Å². The van der Waals surface area contributed by atoms with Crippen molar-refractivity contribution in [1.29, 1.82) is 0 Å². The molecule has 1 saturated heterocycles. The van der Waals surface area contributed by atoms with E-state index >= 15 is 8.78 Å². The SMILES string of the molecule is CCCS(=O)(=O)Nc1ccc(F)c(-n2cc(-c3cncc(OC)c3)c3nc(N(C)C4CCN(C)CC4)cnc32)c1F. The maximum Gasteiger partial charge on any atom is 0.232 e. The third-order valence-corrected chi connectivity index (χ3v) is 8.86. The van der Waals surface area contributed by atoms with Gasteiger partial charge < -0.3 is 14.5 Å². The smallest absolute Gasteiger partial charge is 0.232 e. The van der Waals surface area contributed by atoms with Gasteiger partial charge in [-0.05, 0) is 57.6 Å². The largest absolute Gasteiger partial charge is 0.495 e. The number of hydrogen-bond acceptors (Lipinski definition) is 8. The van der Waals surface area contributed by atoms with E-state index in [2.05, 4.69) is 31.5 Å². The number of benzene rings is 1. The zero-order chi connectivity index (χ0) is 29.3. The first-order chi connectivity index (χ1) is 19.6. The highest BCUT2D eigenvalue weighted by Gasteiger charge is 2.26. The molecule has 5 rings (SSSR count). The number of hydrogen-bond donors (Lipinski definition) is 1. The Bertz CT molecular complexity index is 1670. The summed E-state index contributed by atoms with van der Waals surface area (Å²) in [5.41, 5.74) is 0.936. The fourth-order valence-electron chi connectivity index (χ4n) is 5.11. The molecule has 4 heterocycles. The number of sulfonamides is 1. The summed E-state index contributed by atoms with van der Waals surface area (Å²) in [5, 5.41) is 0. The van der Waals surface area contributed by atoms with Crippen molar-refractivity contribution in [2.45, 2.75) is 32.2 Å². The van der Waals surface area contributed by atoms with E-state index in [0.29, 0.717) is 34.6 Å². The van der Waals surface area contributed by atoms with Crippen molar-refractivity contribution in [3.63, 3.8) is 0 Å². The van der Waals surface area contributed by atoms with Gasteiger partial charge in [-0.1, -0.05) is 6.92 Å². The predicted octanol–water partition coefficient (Wildman–Crippen LogP) is 4.45. The third-order valence-electron chi connectivity index (χ3n) is 7.39. The number of methoxy groups -OCH3 is 1. The van der Waals surface area contributed by atoms with E-state index in [4.69, 9.17) is 9.72 Å². The molecule has 0 spiro atoms. The van der Waals surface area contributed by atoms with E-state index in [-0.39, 0.29) is 23.1 Å². The molecular weight excluding hydrogens is 552 g/mol. The molecule has 13 heteroatoms. The zero-order valence-electron chi connectivity index (χ0n) is 23.4. The molecular formula is C28H33F2N7O3S. The first-order valence-corrected chi connectivity index (χ1v) is 15.0. The van der Waals surface area contributed by atoms with Crippen LogP contribution >= 0.6 is 0 Å². The molecule has 0 amide bonds. The van der Waals surface area contributed by atoms with Crippen molar-refractivity contribution in [3.05, 3.63) is 54.6 Å². The zero-order valence-corrected chi connectivity index (χ0v) is 24.3. The fourth-order valence-corrected chi connectivity index (χ4v) is 6.24. The van der Waals surface area contributed by atoms with Gasteiger partial charge in [0.2, 0.25) is 10.0 Å². The Balaban J connectivity index is 1.67. The number of ether oxygens (including phenoxy) is 1. The van der Waals surface area contributed by atoms with E-state index in [9.17, 15) is 8.42 Å². The van der Waals surface area contributed by atoms with Crippen LogP contribution in [0.2, 0.25) is 0 Å². The summed E-state index contributed by atoms with van der Waals surface area (Å²) in [6.45, 7) is 3.64. The van der Waals surface area contributed by atoms with Gasteiger partial charge in [-0.2, -0.15) is 0 Å². The molecule has 1 aliphatic rings. The number of piperidine rings is 1. The van der Waals surface area contributed by atoms with Crippen LogP contribution in [0.5, 0.6) is 5.75 Å². The second-order valence-corrected chi connectivity index (χ2v) is 12.1. The molecule has 41 heavy (non-hydrogen) atoms. The number of fused-ring (bicyclic) bond motifs is 1. The summed E-state index contributed by atoms with van der Waals surface area (Å²) < 4.78 is 64.7. The molecule has 1 aliphatic heterocycles. The van der Waals surface area contributed by atoms with Gasteiger partial charge in [-0.3, -0.25) is 14.3 Å². The summed E-state index contributed by atoms with van der Waals surface area (Å²) >= 11 is 0. The average Bonchev–Trinajstić information content (AvgIpc) is 3.33. The summed E-state index contributed by atoms with van der Waals surface area (Å²) in [5.74, 6) is -1.02. The predicted molar refractivity (Wildman–Crippen MR) is 155 cm³/mol. The summed E-state index contributed by atoms with van der Waals surface area (Å²) in [4.78, 5) is 18.2. The minimum Gasteiger partial charge on any atom is -0.495 e. The van der Waals surface area contributed by atoms with E-state index in [1.165, 1.54) is 17.9 Å². The number of likely N-dealkylation sites (tertiary alicyclic amines) is 1. The van der Waals surface area contributed by atoms with Crippen LogP contribution in [0, 0.1) is 11.6 Å². The second kappa shape index (κ2) is 11.6. The van der Waals surface area contributed by atoms with Crippen molar-refractivity contribution in [1.82, 2.24) is 24.4 Å². The van der Waals surface area contributed by atoms with Crippen molar-refractivity contribution < 1.29 is 21.9 Å². The van der Waals surface area contributed by atoms with Gasteiger partial charge in [0, 0.05) is 36.6 Å². The molecule has 10 nitrogen and oxygen atoms in total. The maximum atomic E-state index is 15.8. The molecule has 3 aromatic heterocycles. The Morgan fingerprint density at radius 3 is 2.63 bits per heavy atom. The Kier molecular flexibility index (Phi) is 8.09. The Morgan fingerprint density at radius 1 is 1.17 bits per heavy atom. The van der Waals surface area contributed by atoms with Gasteiger partial charge >= 0.3 is 0 Å². The van der Waals surface area contributed by atoms with Crippen LogP contribution in [0.15, 0.2) is 43.0 Å². The van der Waals surface area contributed by atoms with Crippen LogP contribution in [-0.4, -0.2) is 78.9 Å². The third kappa shape index (κ3) is 5.82. The van der Waals surface area contributed by atoms with Crippen molar-refractivity contribution in [2.75, 3.05) is 49.7 Å². The topological polar surface area (TPSA) is 105 Å². The monoisotopic (exact) mass is 585 g/mol. The minimum atomic E-state index is -3.82. The van der Waals surface area contributed by atoms with Gasteiger partial charge in [0.05, 0.1) is 30.9 Å². The minimum absolute atomic E-state index is 0.197. The van der Waals surface area contributed by atoms with Crippen LogP contribution in [0.3, 0.4) is 0 Å². The Labute approximate surface area is 238 Å². The fraction of sp³-hybridized carbons (Fsp3) is 0.393. The summed E-state index contributed by atoms with van der Waals surface area (Å²) in [7, 11) is 1.78. The van der Waals surface area contributed by atoms with Gasteiger partial charge in [-0.15, -0.1) is 0 Å². The quantitative estimate of drug-likeness (QED) is 0.307. The molecule has 218 valence electrons. The Morgan fingerprint density at radius 2 is 1.93 bits per heavy atom. The highest BCUT2D eigenvalue weighted by atomic mass is 32.2. The molecule has 4 aromatic rings. The number of anilines is 2. The van der Waals surface area contributed by atoms with Crippen LogP contribution in [-0.2, 0) is 10.0 Å². The van der Waals surface area contributed by atoms with Gasteiger partial charge in [0.15, 0.2) is 11.5 Å². The number of nitrogens with zero attached hydrogens (tertiary/aromatic N) is 6. The molecule has 0 radical (unpaired) electrons. The van der Waals surface area contributed by atoms with Crippen LogP contribution in [0.4, 0.5) is 20.3 Å². The number of halogens is 2. The molecule has 1 N–H and O–H groups in total. The lowest BCUT2D eigenvalue weighted by molar-refractivity contribution is 0.252. The Hall–Kier alpha value is -3.84.